The Morgan fingerprint density at radius 2 is 1.79 bits per heavy atom. The van der Waals surface area contributed by atoms with Crippen molar-refractivity contribution in [2.75, 3.05) is 18.4 Å². The summed E-state index contributed by atoms with van der Waals surface area (Å²) in [6.07, 6.45) is 1.04. The number of hydrogen-bond donors (Lipinski definition) is 2. The fraction of sp³-hybridized carbons (Fsp3) is 0.235. The lowest BCUT2D eigenvalue weighted by atomic mass is 10.1. The number of amides is 1. The summed E-state index contributed by atoms with van der Waals surface area (Å²) in [7, 11) is 0. The molecule has 0 spiro atoms. The number of carbonyl (C=O) groups is 1. The van der Waals surface area contributed by atoms with Gasteiger partial charge < -0.3 is 10.6 Å². The maximum Gasteiger partial charge on any atom is 0.225 e. The molecule has 0 atom stereocenters. The molecule has 0 aromatic heterocycles. The van der Waals surface area contributed by atoms with Crippen LogP contribution in [0.4, 0.5) is 10.1 Å². The minimum Gasteiger partial charge on any atom is -0.326 e. The molecule has 0 saturated carbocycles. The second-order valence-corrected chi connectivity index (χ2v) is 6.41. The second kappa shape index (κ2) is 9.23. The largest absolute Gasteiger partial charge is 0.326 e. The molecular weight excluding hydrogens is 374 g/mol. The van der Waals surface area contributed by atoms with Gasteiger partial charge in [0.1, 0.15) is 5.82 Å². The molecule has 2 aromatic carbocycles. The Morgan fingerprint density at radius 3 is 2.50 bits per heavy atom. The predicted molar refractivity (Wildman–Crippen MR) is 97.7 cm³/mol. The van der Waals surface area contributed by atoms with Crippen LogP contribution in [0.15, 0.2) is 36.4 Å². The van der Waals surface area contributed by atoms with E-state index >= 15 is 0 Å². The molecule has 0 heterocycles. The number of rotatable bonds is 7. The smallest absolute Gasteiger partial charge is 0.225 e. The van der Waals surface area contributed by atoms with E-state index in [0.29, 0.717) is 35.2 Å². The van der Waals surface area contributed by atoms with Gasteiger partial charge in [-0.3, -0.25) is 4.79 Å². The van der Waals surface area contributed by atoms with E-state index in [0.717, 1.165) is 12.0 Å². The van der Waals surface area contributed by atoms with Crippen molar-refractivity contribution in [3.05, 3.63) is 62.8 Å². The van der Waals surface area contributed by atoms with Crippen molar-refractivity contribution < 1.29 is 9.18 Å². The van der Waals surface area contributed by atoms with Gasteiger partial charge in [0.15, 0.2) is 0 Å². The number of carbonyl (C=O) groups excluding carboxylic acids is 1. The van der Waals surface area contributed by atoms with Crippen LogP contribution in [0.2, 0.25) is 15.1 Å². The molecule has 0 aliphatic carbocycles. The number of halogens is 4. The van der Waals surface area contributed by atoms with Crippen LogP contribution in [0.1, 0.15) is 12.0 Å². The van der Waals surface area contributed by atoms with Crippen molar-refractivity contribution in [1.29, 1.82) is 0 Å². The number of hydrogen-bond acceptors (Lipinski definition) is 2. The highest BCUT2D eigenvalue weighted by atomic mass is 35.5. The number of benzene rings is 2. The van der Waals surface area contributed by atoms with E-state index in [1.54, 1.807) is 12.1 Å². The monoisotopic (exact) mass is 388 g/mol. The fourth-order valence-corrected chi connectivity index (χ4v) is 2.76. The van der Waals surface area contributed by atoms with Gasteiger partial charge in [0, 0.05) is 28.7 Å². The average Bonchev–Trinajstić information content (AvgIpc) is 2.52. The second-order valence-electron chi connectivity index (χ2n) is 5.16. The van der Waals surface area contributed by atoms with E-state index in [2.05, 4.69) is 10.6 Å². The summed E-state index contributed by atoms with van der Waals surface area (Å²) in [5, 5.41) is 7.06. The van der Waals surface area contributed by atoms with Gasteiger partial charge in [-0.2, -0.15) is 0 Å². The molecule has 24 heavy (non-hydrogen) atoms. The van der Waals surface area contributed by atoms with E-state index < -0.39 is 5.82 Å². The predicted octanol–water partition coefficient (Wildman–Crippen LogP) is 4.95. The van der Waals surface area contributed by atoms with Crippen LogP contribution < -0.4 is 10.6 Å². The third kappa shape index (κ3) is 5.95. The SMILES string of the molecule is O=C(CCNCCc1ccc(Cl)cc1Cl)Nc1ccc(F)c(Cl)c1. The topological polar surface area (TPSA) is 41.1 Å². The van der Waals surface area contributed by atoms with Crippen molar-refractivity contribution in [2.45, 2.75) is 12.8 Å². The molecule has 2 aromatic rings. The van der Waals surface area contributed by atoms with E-state index in [1.807, 2.05) is 6.07 Å². The summed E-state index contributed by atoms with van der Waals surface area (Å²) in [6.45, 7) is 1.21. The summed E-state index contributed by atoms with van der Waals surface area (Å²) >= 11 is 17.6. The van der Waals surface area contributed by atoms with E-state index in [9.17, 15) is 9.18 Å². The van der Waals surface area contributed by atoms with Crippen LogP contribution in [0.25, 0.3) is 0 Å². The van der Waals surface area contributed by atoms with Gasteiger partial charge >= 0.3 is 0 Å². The van der Waals surface area contributed by atoms with E-state index in [1.165, 1.54) is 18.2 Å². The van der Waals surface area contributed by atoms with Crippen molar-refractivity contribution in [1.82, 2.24) is 5.32 Å². The highest BCUT2D eigenvalue weighted by Crippen LogP contribution is 2.21. The Hall–Kier alpha value is -1.33. The standard InChI is InChI=1S/C17H16Cl3FN2O/c18-12-2-1-11(14(19)9-12)5-7-22-8-6-17(24)23-13-3-4-16(21)15(20)10-13/h1-4,9-10,22H,5-8H2,(H,23,24). The lowest BCUT2D eigenvalue weighted by molar-refractivity contribution is -0.116. The Balaban J connectivity index is 1.68. The Labute approximate surface area is 155 Å². The average molecular weight is 390 g/mol. The van der Waals surface area contributed by atoms with Crippen LogP contribution in [-0.4, -0.2) is 19.0 Å². The summed E-state index contributed by atoms with van der Waals surface area (Å²) in [6, 6.07) is 9.45. The summed E-state index contributed by atoms with van der Waals surface area (Å²) < 4.78 is 13.0. The summed E-state index contributed by atoms with van der Waals surface area (Å²) in [5.74, 6) is -0.688. The van der Waals surface area contributed by atoms with Crippen molar-refractivity contribution in [2.24, 2.45) is 0 Å². The first-order chi connectivity index (χ1) is 11.5. The summed E-state index contributed by atoms with van der Waals surface area (Å²) in [5.41, 5.74) is 1.47. The molecule has 0 aliphatic rings. The van der Waals surface area contributed by atoms with Crippen molar-refractivity contribution in [3.8, 4) is 0 Å². The van der Waals surface area contributed by atoms with Crippen LogP contribution in [0.3, 0.4) is 0 Å². The maximum absolute atomic E-state index is 13.0. The van der Waals surface area contributed by atoms with E-state index in [4.69, 9.17) is 34.8 Å². The van der Waals surface area contributed by atoms with Gasteiger partial charge in [-0.25, -0.2) is 4.39 Å². The third-order valence-electron chi connectivity index (χ3n) is 3.32. The molecule has 2 rings (SSSR count). The van der Waals surface area contributed by atoms with Crippen molar-refractivity contribution in [3.63, 3.8) is 0 Å². The highest BCUT2D eigenvalue weighted by Gasteiger charge is 2.05. The molecule has 2 N–H and O–H groups in total. The quantitative estimate of drug-likeness (QED) is 0.658. The van der Waals surface area contributed by atoms with Gasteiger partial charge in [-0.15, -0.1) is 0 Å². The molecule has 0 bridgehead atoms. The number of anilines is 1. The molecule has 7 heteroatoms. The molecule has 0 radical (unpaired) electrons. The number of nitrogens with one attached hydrogen (secondary N) is 2. The van der Waals surface area contributed by atoms with Gasteiger partial charge in [-0.1, -0.05) is 40.9 Å². The van der Waals surface area contributed by atoms with Crippen molar-refractivity contribution >= 4 is 46.4 Å². The van der Waals surface area contributed by atoms with Gasteiger partial charge in [-0.05, 0) is 48.9 Å². The van der Waals surface area contributed by atoms with Crippen LogP contribution in [0, 0.1) is 5.82 Å². The van der Waals surface area contributed by atoms with Gasteiger partial charge in [0.05, 0.1) is 5.02 Å². The molecule has 0 saturated heterocycles. The molecule has 1 amide bonds. The summed E-state index contributed by atoms with van der Waals surface area (Å²) in [4.78, 5) is 11.8. The van der Waals surface area contributed by atoms with Gasteiger partial charge in [0.25, 0.3) is 0 Å². The Bertz CT molecular complexity index is 725. The molecule has 3 nitrogen and oxygen atoms in total. The zero-order chi connectivity index (χ0) is 17.5. The minimum absolute atomic E-state index is 0.0224. The van der Waals surface area contributed by atoms with Gasteiger partial charge in [0.2, 0.25) is 5.91 Å². The Kier molecular flexibility index (Phi) is 7.31. The fourth-order valence-electron chi connectivity index (χ4n) is 2.07. The normalized spacial score (nSPS) is 10.7. The van der Waals surface area contributed by atoms with E-state index in [-0.39, 0.29) is 10.9 Å². The molecular formula is C17H16Cl3FN2O. The minimum atomic E-state index is -0.516. The Morgan fingerprint density at radius 1 is 1.00 bits per heavy atom. The van der Waals surface area contributed by atoms with Crippen LogP contribution >= 0.6 is 34.8 Å². The molecule has 0 aliphatic heterocycles. The zero-order valence-electron chi connectivity index (χ0n) is 12.7. The molecule has 128 valence electrons. The van der Waals surface area contributed by atoms with Crippen LogP contribution in [-0.2, 0) is 11.2 Å². The molecule has 0 unspecified atom stereocenters. The van der Waals surface area contributed by atoms with Crippen LogP contribution in [0.5, 0.6) is 0 Å². The zero-order valence-corrected chi connectivity index (χ0v) is 15.0. The first-order valence-corrected chi connectivity index (χ1v) is 8.48. The lowest BCUT2D eigenvalue weighted by Gasteiger charge is -2.08. The maximum atomic E-state index is 13.0. The third-order valence-corrected chi connectivity index (χ3v) is 4.20. The highest BCUT2D eigenvalue weighted by molar-refractivity contribution is 6.35. The lowest BCUT2D eigenvalue weighted by Crippen LogP contribution is -2.23. The molecule has 0 fully saturated rings. The first kappa shape index (κ1) is 19.0. The first-order valence-electron chi connectivity index (χ1n) is 7.35.